The van der Waals surface area contributed by atoms with Crippen LogP contribution in [0.1, 0.15) is 59.9 Å². The Hall–Kier alpha value is -2.37. The summed E-state index contributed by atoms with van der Waals surface area (Å²) in [6, 6.07) is 14.0. The predicted molar refractivity (Wildman–Crippen MR) is 123 cm³/mol. The Morgan fingerprint density at radius 1 is 1.13 bits per heavy atom. The van der Waals surface area contributed by atoms with Crippen LogP contribution in [0.2, 0.25) is 0 Å². The number of benzene rings is 2. The summed E-state index contributed by atoms with van der Waals surface area (Å²) in [6.07, 6.45) is 4.65. The van der Waals surface area contributed by atoms with Crippen molar-refractivity contribution >= 4 is 28.6 Å². The summed E-state index contributed by atoms with van der Waals surface area (Å²) in [5.74, 6) is 0.602. The molecule has 2 unspecified atom stereocenters. The number of alkyl halides is 1. The number of nitrogens with zero attached hydrogens (tertiary/aromatic N) is 2. The standard InChI is InChI=1S/C25H29ClN2O3/c1-3-30-25(29)20-12-13-22-23(14-20)28(17(2)27-22)15-18-8-10-19(11-9-18)16-31-24-7-5-4-6-21(24)26/h8-14,21,24H,3-7,15-16H2,1-2H3. The first-order chi connectivity index (χ1) is 15.0. The maximum absolute atomic E-state index is 12.1. The smallest absolute Gasteiger partial charge is 0.338 e. The fourth-order valence-corrected chi connectivity index (χ4v) is 4.50. The van der Waals surface area contributed by atoms with Gasteiger partial charge in [-0.15, -0.1) is 11.6 Å². The van der Waals surface area contributed by atoms with Crippen molar-refractivity contribution in [2.45, 2.75) is 64.2 Å². The number of ether oxygens (including phenoxy) is 2. The van der Waals surface area contributed by atoms with E-state index in [0.29, 0.717) is 25.3 Å². The van der Waals surface area contributed by atoms with Crippen molar-refractivity contribution in [1.29, 1.82) is 0 Å². The molecule has 2 aromatic carbocycles. The highest BCUT2D eigenvalue weighted by Gasteiger charge is 2.23. The highest BCUT2D eigenvalue weighted by molar-refractivity contribution is 6.21. The number of aromatic nitrogens is 2. The number of rotatable bonds is 7. The highest BCUT2D eigenvalue weighted by atomic mass is 35.5. The number of carbonyl (C=O) groups excluding carboxylic acids is 1. The molecule has 3 aromatic rings. The van der Waals surface area contributed by atoms with Crippen LogP contribution in [0.25, 0.3) is 11.0 Å². The van der Waals surface area contributed by atoms with Crippen LogP contribution in [0.5, 0.6) is 0 Å². The van der Waals surface area contributed by atoms with Crippen LogP contribution < -0.4 is 0 Å². The Morgan fingerprint density at radius 3 is 2.61 bits per heavy atom. The minimum atomic E-state index is -0.309. The van der Waals surface area contributed by atoms with Gasteiger partial charge >= 0.3 is 5.97 Å². The van der Waals surface area contributed by atoms with Crippen LogP contribution in [-0.4, -0.2) is 33.6 Å². The van der Waals surface area contributed by atoms with Gasteiger partial charge in [0.05, 0.1) is 41.3 Å². The SMILES string of the molecule is CCOC(=O)c1ccc2nc(C)n(Cc3ccc(COC4CCCCC4Cl)cc3)c2c1. The third kappa shape index (κ3) is 5.10. The second-order valence-corrected chi connectivity index (χ2v) is 8.70. The van der Waals surface area contributed by atoms with Gasteiger partial charge in [0.25, 0.3) is 0 Å². The van der Waals surface area contributed by atoms with E-state index < -0.39 is 0 Å². The molecule has 0 radical (unpaired) electrons. The third-order valence-corrected chi connectivity index (χ3v) is 6.40. The number of carbonyl (C=O) groups is 1. The molecule has 0 N–H and O–H groups in total. The molecule has 0 aliphatic heterocycles. The van der Waals surface area contributed by atoms with E-state index in [1.807, 2.05) is 26.0 Å². The molecule has 4 rings (SSSR count). The van der Waals surface area contributed by atoms with E-state index in [4.69, 9.17) is 21.1 Å². The Bertz CT molecular complexity index is 1040. The molecule has 31 heavy (non-hydrogen) atoms. The molecule has 164 valence electrons. The van der Waals surface area contributed by atoms with E-state index in [0.717, 1.165) is 35.3 Å². The Kier molecular flexibility index (Phi) is 6.93. The molecule has 1 saturated carbocycles. The summed E-state index contributed by atoms with van der Waals surface area (Å²) in [7, 11) is 0. The molecule has 5 nitrogen and oxygen atoms in total. The van der Waals surface area contributed by atoms with Crippen LogP contribution in [0.15, 0.2) is 42.5 Å². The molecule has 1 aromatic heterocycles. The van der Waals surface area contributed by atoms with Crippen LogP contribution in [0.3, 0.4) is 0 Å². The van der Waals surface area contributed by atoms with Crippen LogP contribution in [0.4, 0.5) is 0 Å². The average Bonchev–Trinajstić information content (AvgIpc) is 3.08. The van der Waals surface area contributed by atoms with Gasteiger partial charge in [-0.2, -0.15) is 0 Å². The van der Waals surface area contributed by atoms with Gasteiger partial charge in [-0.25, -0.2) is 9.78 Å². The molecule has 1 fully saturated rings. The fourth-order valence-electron chi connectivity index (χ4n) is 4.15. The molecule has 1 heterocycles. The predicted octanol–water partition coefficient (Wildman–Crippen LogP) is 5.64. The molecule has 0 saturated heterocycles. The third-order valence-electron chi connectivity index (χ3n) is 5.90. The van der Waals surface area contributed by atoms with Crippen molar-refractivity contribution in [3.8, 4) is 0 Å². The second kappa shape index (κ2) is 9.84. The van der Waals surface area contributed by atoms with Crippen LogP contribution in [0, 0.1) is 6.92 Å². The molecule has 0 amide bonds. The topological polar surface area (TPSA) is 53.3 Å². The second-order valence-electron chi connectivity index (χ2n) is 8.14. The van der Waals surface area contributed by atoms with E-state index in [9.17, 15) is 4.79 Å². The number of aryl methyl sites for hydroxylation is 1. The monoisotopic (exact) mass is 440 g/mol. The number of esters is 1. The van der Waals surface area contributed by atoms with E-state index in [2.05, 4.69) is 33.8 Å². The molecule has 1 aliphatic carbocycles. The minimum Gasteiger partial charge on any atom is -0.462 e. The summed E-state index contributed by atoms with van der Waals surface area (Å²) >= 11 is 6.40. The van der Waals surface area contributed by atoms with Gasteiger partial charge in [-0.3, -0.25) is 0 Å². The zero-order chi connectivity index (χ0) is 21.8. The summed E-state index contributed by atoms with van der Waals surface area (Å²) in [4.78, 5) is 16.8. The van der Waals surface area contributed by atoms with E-state index in [1.54, 1.807) is 6.07 Å². The lowest BCUT2D eigenvalue weighted by Crippen LogP contribution is -2.28. The van der Waals surface area contributed by atoms with Gasteiger partial charge in [0.2, 0.25) is 0 Å². The maximum atomic E-state index is 12.1. The number of halogens is 1. The van der Waals surface area contributed by atoms with E-state index in [1.165, 1.54) is 18.4 Å². The first-order valence-corrected chi connectivity index (χ1v) is 11.5. The van der Waals surface area contributed by atoms with Crippen molar-refractivity contribution in [2.75, 3.05) is 6.61 Å². The Balaban J connectivity index is 1.46. The lowest BCUT2D eigenvalue weighted by molar-refractivity contribution is 0.0198. The van der Waals surface area contributed by atoms with Crippen molar-refractivity contribution in [1.82, 2.24) is 9.55 Å². The normalized spacial score (nSPS) is 18.9. The van der Waals surface area contributed by atoms with Crippen molar-refractivity contribution in [3.63, 3.8) is 0 Å². The van der Waals surface area contributed by atoms with Gasteiger partial charge in [0.1, 0.15) is 5.82 Å². The summed E-state index contributed by atoms with van der Waals surface area (Å²) in [5, 5.41) is 0.130. The molecule has 1 aliphatic rings. The quantitative estimate of drug-likeness (QED) is 0.352. The van der Waals surface area contributed by atoms with Gasteiger partial charge in [0.15, 0.2) is 0 Å². The van der Waals surface area contributed by atoms with E-state index >= 15 is 0 Å². The van der Waals surface area contributed by atoms with Gasteiger partial charge in [-0.05, 0) is 56.0 Å². The number of hydrogen-bond acceptors (Lipinski definition) is 4. The van der Waals surface area contributed by atoms with Crippen LogP contribution in [-0.2, 0) is 22.6 Å². The average molecular weight is 441 g/mol. The van der Waals surface area contributed by atoms with E-state index in [-0.39, 0.29) is 17.5 Å². The number of fused-ring (bicyclic) bond motifs is 1. The summed E-state index contributed by atoms with van der Waals surface area (Å²) < 4.78 is 13.3. The zero-order valence-electron chi connectivity index (χ0n) is 18.1. The Labute approximate surface area is 188 Å². The van der Waals surface area contributed by atoms with Crippen molar-refractivity contribution in [3.05, 3.63) is 65.0 Å². The van der Waals surface area contributed by atoms with Crippen molar-refractivity contribution in [2.24, 2.45) is 0 Å². The molecule has 0 bridgehead atoms. The zero-order valence-corrected chi connectivity index (χ0v) is 18.9. The molecular formula is C25H29ClN2O3. The Morgan fingerprint density at radius 2 is 1.87 bits per heavy atom. The number of hydrogen-bond donors (Lipinski definition) is 0. The maximum Gasteiger partial charge on any atom is 0.338 e. The largest absolute Gasteiger partial charge is 0.462 e. The number of imidazole rings is 1. The molecule has 2 atom stereocenters. The summed E-state index contributed by atoms with van der Waals surface area (Å²) in [6.45, 7) is 5.42. The van der Waals surface area contributed by atoms with Gasteiger partial charge in [-0.1, -0.05) is 37.1 Å². The lowest BCUT2D eigenvalue weighted by atomic mass is 9.97. The van der Waals surface area contributed by atoms with Crippen molar-refractivity contribution < 1.29 is 14.3 Å². The lowest BCUT2D eigenvalue weighted by Gasteiger charge is -2.27. The van der Waals surface area contributed by atoms with Gasteiger partial charge < -0.3 is 14.0 Å². The highest BCUT2D eigenvalue weighted by Crippen LogP contribution is 2.26. The minimum absolute atomic E-state index is 0.130. The first-order valence-electron chi connectivity index (χ1n) is 11.0. The molecular weight excluding hydrogens is 412 g/mol. The fraction of sp³-hybridized carbons (Fsp3) is 0.440. The summed E-state index contributed by atoms with van der Waals surface area (Å²) in [5.41, 5.74) is 4.67. The van der Waals surface area contributed by atoms with Gasteiger partial charge in [0, 0.05) is 6.54 Å². The van der Waals surface area contributed by atoms with Crippen LogP contribution >= 0.6 is 11.6 Å². The first kappa shape index (κ1) is 21.8. The molecule has 6 heteroatoms. The molecule has 0 spiro atoms.